The summed E-state index contributed by atoms with van der Waals surface area (Å²) in [5, 5.41) is 6.49. The molecule has 0 saturated carbocycles. The molecule has 0 fully saturated rings. The molecule has 0 aromatic carbocycles. The van der Waals surface area contributed by atoms with Gasteiger partial charge in [0, 0.05) is 6.21 Å². The average Bonchev–Trinajstić information content (AvgIpc) is 1.87. The highest BCUT2D eigenvalue weighted by atomic mass is 19.1. The summed E-state index contributed by atoms with van der Waals surface area (Å²) in [5.74, 6) is -0.590. The van der Waals surface area contributed by atoms with Crippen LogP contribution < -0.4 is 0 Å². The van der Waals surface area contributed by atoms with Crippen molar-refractivity contribution in [3.63, 3.8) is 0 Å². The lowest BCUT2D eigenvalue weighted by Crippen LogP contribution is -1.78. The van der Waals surface area contributed by atoms with Crippen molar-refractivity contribution in [3.8, 4) is 0 Å². The summed E-state index contributed by atoms with van der Waals surface area (Å²) in [6, 6.07) is 0. The predicted molar refractivity (Wildman–Crippen MR) is 36.8 cm³/mol. The number of halogens is 1. The fraction of sp³-hybridized carbons (Fsp3) is 0.333. The van der Waals surface area contributed by atoms with Gasteiger partial charge in [-0.25, -0.2) is 4.39 Å². The van der Waals surface area contributed by atoms with Gasteiger partial charge in [-0.2, -0.15) is 0 Å². The lowest BCUT2D eigenvalue weighted by Gasteiger charge is -1.88. The Balaban J connectivity index is 4.27. The molecule has 0 aliphatic heterocycles. The van der Waals surface area contributed by atoms with Crippen LogP contribution in [-0.2, 0) is 0 Å². The van der Waals surface area contributed by atoms with Crippen LogP contribution in [-0.4, -0.2) is 12.4 Å². The molecule has 0 aliphatic rings. The lowest BCUT2D eigenvalue weighted by molar-refractivity contribution is 0.671. The first-order chi connectivity index (χ1) is 4.22. The third-order valence-corrected chi connectivity index (χ3v) is 0.795. The quantitative estimate of drug-likeness (QED) is 0.551. The molecule has 9 heavy (non-hydrogen) atoms. The molecule has 0 rings (SSSR count). The van der Waals surface area contributed by atoms with Crippen molar-refractivity contribution in [3.05, 3.63) is 11.5 Å². The summed E-state index contributed by atoms with van der Waals surface area (Å²) < 4.78 is 12.2. The summed E-state index contributed by atoms with van der Waals surface area (Å²) >= 11 is 0. The first-order valence-electron chi connectivity index (χ1n) is 2.58. The average molecular weight is 128 g/mol. The molecule has 50 valence electrons. The van der Waals surface area contributed by atoms with Crippen molar-refractivity contribution in [2.24, 2.45) is 4.99 Å². The zero-order chi connectivity index (χ0) is 7.28. The molecule has 0 heterocycles. The van der Waals surface area contributed by atoms with Gasteiger partial charge in [-0.1, -0.05) is 0 Å². The van der Waals surface area contributed by atoms with E-state index >= 15 is 0 Å². The molecule has 0 aromatic heterocycles. The number of hydrogen-bond acceptors (Lipinski definition) is 2. The molecule has 0 saturated heterocycles. The second kappa shape index (κ2) is 3.95. The van der Waals surface area contributed by atoms with E-state index in [4.69, 9.17) is 5.41 Å². The minimum absolute atomic E-state index is 0.243. The summed E-state index contributed by atoms with van der Waals surface area (Å²) in [4.78, 5) is 3.62. The number of aliphatic imine (C=N–C) groups is 1. The molecule has 1 N–H and O–H groups in total. The Morgan fingerprint density at radius 1 is 1.67 bits per heavy atom. The SMILES string of the molecule is CC=NC(C)=C(F)C=N. The standard InChI is InChI=1S/C6H9FN2/c1-3-9-5(2)6(7)4-8/h3-4,8H,1-2H3. The van der Waals surface area contributed by atoms with Gasteiger partial charge >= 0.3 is 0 Å². The van der Waals surface area contributed by atoms with Gasteiger partial charge in [0.1, 0.15) is 0 Å². The van der Waals surface area contributed by atoms with Gasteiger partial charge in [-0.05, 0) is 13.8 Å². The third kappa shape index (κ3) is 2.74. The molecule has 2 nitrogen and oxygen atoms in total. The van der Waals surface area contributed by atoms with Crippen LogP contribution in [0.3, 0.4) is 0 Å². The van der Waals surface area contributed by atoms with Crippen LogP contribution in [0.1, 0.15) is 13.8 Å². The van der Waals surface area contributed by atoms with Crippen molar-refractivity contribution in [1.82, 2.24) is 0 Å². The van der Waals surface area contributed by atoms with Crippen molar-refractivity contribution in [1.29, 1.82) is 5.41 Å². The number of allylic oxidation sites excluding steroid dienone is 2. The molecule has 3 heteroatoms. The van der Waals surface area contributed by atoms with Crippen molar-refractivity contribution >= 4 is 12.4 Å². The maximum atomic E-state index is 12.2. The van der Waals surface area contributed by atoms with Gasteiger partial charge < -0.3 is 5.41 Å². The molecule has 0 unspecified atom stereocenters. The van der Waals surface area contributed by atoms with E-state index in [-0.39, 0.29) is 5.70 Å². The predicted octanol–water partition coefficient (Wildman–Crippen LogP) is 1.93. The monoisotopic (exact) mass is 128 g/mol. The van der Waals surface area contributed by atoms with Gasteiger partial charge in [0.2, 0.25) is 0 Å². The van der Waals surface area contributed by atoms with Gasteiger partial charge in [0.05, 0.1) is 11.9 Å². The Labute approximate surface area is 53.6 Å². The summed E-state index contributed by atoms with van der Waals surface area (Å²) in [7, 11) is 0. The Bertz CT molecular complexity index is 158. The van der Waals surface area contributed by atoms with Crippen LogP contribution in [0, 0.1) is 5.41 Å². The highest BCUT2D eigenvalue weighted by Crippen LogP contribution is 2.02. The van der Waals surface area contributed by atoms with Crippen LogP contribution in [0.15, 0.2) is 16.5 Å². The molecule has 0 bridgehead atoms. The molecule has 0 aliphatic carbocycles. The molecular formula is C6H9FN2. The number of nitrogens with one attached hydrogen (secondary N) is 1. The molecule has 0 aromatic rings. The van der Waals surface area contributed by atoms with Crippen LogP contribution in [0.5, 0.6) is 0 Å². The van der Waals surface area contributed by atoms with Crippen LogP contribution in [0.2, 0.25) is 0 Å². The minimum atomic E-state index is -0.590. The van der Waals surface area contributed by atoms with Gasteiger partial charge in [-0.15, -0.1) is 0 Å². The van der Waals surface area contributed by atoms with Crippen molar-refractivity contribution < 1.29 is 4.39 Å². The number of nitrogens with zero attached hydrogens (tertiary/aromatic N) is 1. The fourth-order valence-corrected chi connectivity index (χ4v) is 0.360. The van der Waals surface area contributed by atoms with Gasteiger partial charge in [0.25, 0.3) is 0 Å². The molecule has 0 atom stereocenters. The van der Waals surface area contributed by atoms with Crippen molar-refractivity contribution in [2.45, 2.75) is 13.8 Å². The minimum Gasteiger partial charge on any atom is -0.306 e. The van der Waals surface area contributed by atoms with E-state index in [9.17, 15) is 4.39 Å². The number of hydrogen-bond donors (Lipinski definition) is 1. The second-order valence-corrected chi connectivity index (χ2v) is 1.46. The topological polar surface area (TPSA) is 36.2 Å². The molecule has 0 amide bonds. The Hall–Kier alpha value is -0.990. The molecular weight excluding hydrogens is 119 g/mol. The van der Waals surface area contributed by atoms with E-state index in [1.807, 2.05) is 0 Å². The number of rotatable bonds is 2. The smallest absolute Gasteiger partial charge is 0.161 e. The summed E-state index contributed by atoms with van der Waals surface area (Å²) in [6.07, 6.45) is 2.13. The fourth-order valence-electron chi connectivity index (χ4n) is 0.360. The maximum absolute atomic E-state index is 12.2. The van der Waals surface area contributed by atoms with Crippen molar-refractivity contribution in [2.75, 3.05) is 0 Å². The largest absolute Gasteiger partial charge is 0.306 e. The Kier molecular flexibility index (Phi) is 3.51. The highest BCUT2D eigenvalue weighted by Gasteiger charge is 1.91. The maximum Gasteiger partial charge on any atom is 0.161 e. The first-order valence-corrected chi connectivity index (χ1v) is 2.58. The van der Waals surface area contributed by atoms with E-state index < -0.39 is 5.83 Å². The molecule has 0 spiro atoms. The summed E-state index contributed by atoms with van der Waals surface area (Å²) in [5.41, 5.74) is 0.243. The summed E-state index contributed by atoms with van der Waals surface area (Å²) in [6.45, 7) is 3.21. The zero-order valence-electron chi connectivity index (χ0n) is 5.48. The van der Waals surface area contributed by atoms with Crippen LogP contribution >= 0.6 is 0 Å². The normalized spacial score (nSPS) is 13.7. The van der Waals surface area contributed by atoms with Gasteiger partial charge in [0.15, 0.2) is 5.83 Å². The third-order valence-electron chi connectivity index (χ3n) is 0.795. The van der Waals surface area contributed by atoms with Gasteiger partial charge in [-0.3, -0.25) is 4.99 Å². The molecule has 0 radical (unpaired) electrons. The second-order valence-electron chi connectivity index (χ2n) is 1.46. The lowest BCUT2D eigenvalue weighted by atomic mass is 10.4. The van der Waals surface area contributed by atoms with E-state index in [0.29, 0.717) is 6.21 Å². The Morgan fingerprint density at radius 2 is 2.22 bits per heavy atom. The highest BCUT2D eigenvalue weighted by molar-refractivity contribution is 5.74. The Morgan fingerprint density at radius 3 is 2.56 bits per heavy atom. The van der Waals surface area contributed by atoms with E-state index in [2.05, 4.69) is 4.99 Å². The van der Waals surface area contributed by atoms with E-state index in [0.717, 1.165) is 0 Å². The first kappa shape index (κ1) is 8.01. The van der Waals surface area contributed by atoms with E-state index in [1.165, 1.54) is 13.1 Å². The van der Waals surface area contributed by atoms with Crippen LogP contribution in [0.25, 0.3) is 0 Å². The van der Waals surface area contributed by atoms with Crippen LogP contribution in [0.4, 0.5) is 4.39 Å². The van der Waals surface area contributed by atoms with E-state index in [1.54, 1.807) is 6.92 Å². The zero-order valence-corrected chi connectivity index (χ0v) is 5.48.